The number of hydrogen-bond donors (Lipinski definition) is 1. The monoisotopic (exact) mass is 419 g/mol. The Kier molecular flexibility index (Phi) is 6.43. The van der Waals surface area contributed by atoms with Crippen LogP contribution in [-0.2, 0) is 11.2 Å². The van der Waals surface area contributed by atoms with E-state index < -0.39 is 0 Å². The first-order valence-corrected chi connectivity index (χ1v) is 10.2. The van der Waals surface area contributed by atoms with Crippen LogP contribution < -0.4 is 14.8 Å². The lowest BCUT2D eigenvalue weighted by Crippen LogP contribution is -2.43. The first kappa shape index (κ1) is 20.8. The molecular formula is C24H25N3O4. The largest absolute Gasteiger partial charge is 0.491 e. The molecule has 7 heteroatoms. The number of nitrogens with zero attached hydrogens (tertiary/aromatic N) is 2. The molecule has 7 nitrogen and oxygen atoms in total. The van der Waals surface area contributed by atoms with Gasteiger partial charge in [0, 0.05) is 49.4 Å². The number of benzene rings is 1. The molecule has 0 spiro atoms. The van der Waals surface area contributed by atoms with Gasteiger partial charge in [0.15, 0.2) is 0 Å². The number of methoxy groups -OCH3 is 1. The lowest BCUT2D eigenvalue weighted by Gasteiger charge is -2.29. The van der Waals surface area contributed by atoms with Gasteiger partial charge in [-0.05, 0) is 48.4 Å². The number of fused-ring (bicyclic) bond motifs is 1. The van der Waals surface area contributed by atoms with Gasteiger partial charge >= 0.3 is 0 Å². The zero-order valence-corrected chi connectivity index (χ0v) is 17.6. The average Bonchev–Trinajstić information content (AvgIpc) is 2.80. The van der Waals surface area contributed by atoms with Crippen molar-refractivity contribution in [3.8, 4) is 22.6 Å². The molecule has 0 saturated heterocycles. The average molecular weight is 419 g/mol. The molecule has 1 amide bonds. The normalized spacial score (nSPS) is 15.0. The minimum Gasteiger partial charge on any atom is -0.491 e. The summed E-state index contributed by atoms with van der Waals surface area (Å²) in [5.74, 6) is 1.39. The topological polar surface area (TPSA) is 82.6 Å². The maximum absolute atomic E-state index is 12.6. The highest BCUT2D eigenvalue weighted by Gasteiger charge is 2.27. The molecule has 1 aliphatic heterocycles. The Balaban J connectivity index is 1.66. The third-order valence-electron chi connectivity index (χ3n) is 5.22. The minimum atomic E-state index is -0.171. The van der Waals surface area contributed by atoms with E-state index in [-0.39, 0.29) is 11.9 Å². The Morgan fingerprint density at radius 1 is 1.16 bits per heavy atom. The Labute approximate surface area is 181 Å². The van der Waals surface area contributed by atoms with E-state index in [9.17, 15) is 4.79 Å². The smallest absolute Gasteiger partial charge is 0.253 e. The molecule has 3 aromatic rings. The van der Waals surface area contributed by atoms with Gasteiger partial charge in [0.25, 0.3) is 5.91 Å². The highest BCUT2D eigenvalue weighted by Crippen LogP contribution is 2.42. The summed E-state index contributed by atoms with van der Waals surface area (Å²) in [7, 11) is 1.65. The number of rotatable bonds is 7. The summed E-state index contributed by atoms with van der Waals surface area (Å²) < 4.78 is 17.2. The van der Waals surface area contributed by atoms with E-state index in [4.69, 9.17) is 14.2 Å². The van der Waals surface area contributed by atoms with E-state index in [1.165, 1.54) is 0 Å². The molecule has 4 rings (SSSR count). The molecule has 31 heavy (non-hydrogen) atoms. The number of pyridine rings is 2. The van der Waals surface area contributed by atoms with E-state index in [1.807, 2.05) is 31.3 Å². The molecule has 0 saturated carbocycles. The van der Waals surface area contributed by atoms with Crippen LogP contribution in [0.4, 0.5) is 0 Å². The maximum atomic E-state index is 12.6. The zero-order chi connectivity index (χ0) is 21.6. The molecule has 1 atom stereocenters. The van der Waals surface area contributed by atoms with Gasteiger partial charge in [0.2, 0.25) is 0 Å². The third-order valence-corrected chi connectivity index (χ3v) is 5.22. The van der Waals surface area contributed by atoms with Crippen LogP contribution in [0, 0.1) is 6.92 Å². The molecule has 160 valence electrons. The van der Waals surface area contributed by atoms with Crippen molar-refractivity contribution in [1.82, 2.24) is 15.3 Å². The van der Waals surface area contributed by atoms with Gasteiger partial charge in [-0.1, -0.05) is 0 Å². The molecule has 1 aliphatic rings. The Bertz CT molecular complexity index is 1060. The molecule has 0 unspecified atom stereocenters. The van der Waals surface area contributed by atoms with Gasteiger partial charge in [0.1, 0.15) is 24.7 Å². The van der Waals surface area contributed by atoms with E-state index in [2.05, 4.69) is 15.3 Å². The number of ether oxygens (including phenoxy) is 3. The second kappa shape index (κ2) is 9.57. The Hall–Kier alpha value is -3.45. The summed E-state index contributed by atoms with van der Waals surface area (Å²) in [5.41, 5.74) is 4.56. The van der Waals surface area contributed by atoms with E-state index in [0.29, 0.717) is 31.8 Å². The minimum absolute atomic E-state index is 0.167. The summed E-state index contributed by atoms with van der Waals surface area (Å²) >= 11 is 0. The van der Waals surface area contributed by atoms with Crippen molar-refractivity contribution in [3.63, 3.8) is 0 Å². The molecule has 0 bridgehead atoms. The number of amides is 1. The Morgan fingerprint density at radius 3 is 2.81 bits per heavy atom. The van der Waals surface area contributed by atoms with E-state index in [1.54, 1.807) is 37.8 Å². The van der Waals surface area contributed by atoms with E-state index >= 15 is 0 Å². The number of hydrogen-bond acceptors (Lipinski definition) is 6. The summed E-state index contributed by atoms with van der Waals surface area (Å²) in [6, 6.07) is 9.15. The predicted octanol–water partition coefficient (Wildman–Crippen LogP) is 3.21. The molecule has 0 aliphatic carbocycles. The highest BCUT2D eigenvalue weighted by molar-refractivity contribution is 5.94. The number of aryl methyl sites for hydroxylation is 1. The summed E-state index contributed by atoms with van der Waals surface area (Å²) in [4.78, 5) is 20.9. The number of carbonyl (C=O) groups is 1. The van der Waals surface area contributed by atoms with Crippen molar-refractivity contribution in [1.29, 1.82) is 0 Å². The van der Waals surface area contributed by atoms with Crippen LogP contribution in [-0.4, -0.2) is 48.8 Å². The molecule has 1 aromatic carbocycles. The van der Waals surface area contributed by atoms with Crippen molar-refractivity contribution in [3.05, 3.63) is 71.8 Å². The van der Waals surface area contributed by atoms with Crippen LogP contribution in [0.3, 0.4) is 0 Å². The van der Waals surface area contributed by atoms with Crippen molar-refractivity contribution in [2.24, 2.45) is 0 Å². The summed E-state index contributed by atoms with van der Waals surface area (Å²) in [5, 5.41) is 3.06. The SMILES string of the molecule is COCCOc1ccc2c(c1-c1ccncc1C)C[C@H](NC(=O)c1cccnc1)CO2. The van der Waals surface area contributed by atoms with E-state index in [0.717, 1.165) is 33.8 Å². The fourth-order valence-corrected chi connectivity index (χ4v) is 3.70. The van der Waals surface area contributed by atoms with Crippen LogP contribution in [0.25, 0.3) is 11.1 Å². The van der Waals surface area contributed by atoms with Gasteiger partial charge in [-0.2, -0.15) is 0 Å². The Morgan fingerprint density at radius 2 is 2.03 bits per heavy atom. The van der Waals surface area contributed by atoms with Crippen molar-refractivity contribution in [2.75, 3.05) is 26.9 Å². The quantitative estimate of drug-likeness (QED) is 0.592. The molecule has 3 heterocycles. The van der Waals surface area contributed by atoms with Crippen LogP contribution in [0.15, 0.2) is 55.1 Å². The maximum Gasteiger partial charge on any atom is 0.253 e. The number of nitrogens with one attached hydrogen (secondary N) is 1. The second-order valence-electron chi connectivity index (χ2n) is 7.37. The zero-order valence-electron chi connectivity index (χ0n) is 17.6. The fourth-order valence-electron chi connectivity index (χ4n) is 3.70. The standard InChI is InChI=1S/C24H25N3O4/c1-16-13-26-9-7-19(16)23-20-12-18(27-24(28)17-4-3-8-25-14-17)15-31-21(20)5-6-22(23)30-11-10-29-2/h3-9,13-14,18H,10-12,15H2,1-2H3,(H,27,28)/t18-/m0/s1. The third kappa shape index (κ3) is 4.67. The fraction of sp³-hybridized carbons (Fsp3) is 0.292. The van der Waals surface area contributed by atoms with Gasteiger partial charge in [-0.3, -0.25) is 14.8 Å². The molecule has 0 fully saturated rings. The lowest BCUT2D eigenvalue weighted by molar-refractivity contribution is 0.0915. The van der Waals surface area contributed by atoms with Gasteiger partial charge in [-0.15, -0.1) is 0 Å². The van der Waals surface area contributed by atoms with Gasteiger partial charge in [0.05, 0.1) is 18.2 Å². The van der Waals surface area contributed by atoms with Crippen molar-refractivity contribution >= 4 is 5.91 Å². The lowest BCUT2D eigenvalue weighted by atomic mass is 9.90. The highest BCUT2D eigenvalue weighted by atomic mass is 16.5. The molecule has 2 aromatic heterocycles. The molecule has 0 radical (unpaired) electrons. The summed E-state index contributed by atoms with van der Waals surface area (Å²) in [6.45, 7) is 3.35. The van der Waals surface area contributed by atoms with Crippen LogP contribution in [0.5, 0.6) is 11.5 Å². The van der Waals surface area contributed by atoms with Crippen molar-refractivity contribution < 1.29 is 19.0 Å². The number of aromatic nitrogens is 2. The number of carbonyl (C=O) groups excluding carboxylic acids is 1. The van der Waals surface area contributed by atoms with Crippen LogP contribution in [0.2, 0.25) is 0 Å². The molecular weight excluding hydrogens is 394 g/mol. The first-order chi connectivity index (χ1) is 15.2. The van der Waals surface area contributed by atoms with Crippen molar-refractivity contribution in [2.45, 2.75) is 19.4 Å². The second-order valence-corrected chi connectivity index (χ2v) is 7.37. The van der Waals surface area contributed by atoms with Gasteiger partial charge < -0.3 is 19.5 Å². The molecule has 1 N–H and O–H groups in total. The summed E-state index contributed by atoms with van der Waals surface area (Å²) in [6.07, 6.45) is 7.43. The van der Waals surface area contributed by atoms with Gasteiger partial charge in [-0.25, -0.2) is 0 Å². The first-order valence-electron chi connectivity index (χ1n) is 10.2. The van der Waals surface area contributed by atoms with Crippen LogP contribution in [0.1, 0.15) is 21.5 Å². The van der Waals surface area contributed by atoms with Crippen LogP contribution >= 0.6 is 0 Å². The predicted molar refractivity (Wildman–Crippen MR) is 116 cm³/mol.